The van der Waals surface area contributed by atoms with Crippen LogP contribution in [0, 0.1) is 0 Å². The smallest absolute Gasteiger partial charge is 0.145 e. The summed E-state index contributed by atoms with van der Waals surface area (Å²) >= 11 is 5.89. The van der Waals surface area contributed by atoms with Crippen molar-refractivity contribution >= 4 is 17.3 Å². The zero-order valence-corrected chi connectivity index (χ0v) is 13.8. The van der Waals surface area contributed by atoms with Gasteiger partial charge in [0.2, 0.25) is 0 Å². The molecule has 1 heterocycles. The third kappa shape index (κ3) is 5.25. The molecule has 0 aromatic heterocycles. The standard InChI is InChI=1S/C16H23ClN2O3/c1-3-21-11-14(20)9-19(2)10-15-8-16(18-22-15)12-4-6-13(17)7-5-12/h4-7,14-15,20H,3,8-11H2,1-2H3. The van der Waals surface area contributed by atoms with Gasteiger partial charge >= 0.3 is 0 Å². The number of ether oxygens (including phenoxy) is 1. The van der Waals surface area contributed by atoms with Crippen LogP contribution in [0.1, 0.15) is 18.9 Å². The topological polar surface area (TPSA) is 54.3 Å². The molecule has 22 heavy (non-hydrogen) atoms. The summed E-state index contributed by atoms with van der Waals surface area (Å²) < 4.78 is 5.21. The van der Waals surface area contributed by atoms with Crippen LogP contribution in [0.15, 0.2) is 29.4 Å². The van der Waals surface area contributed by atoms with Crippen LogP contribution in [0.25, 0.3) is 0 Å². The lowest BCUT2D eigenvalue weighted by atomic mass is 10.0. The summed E-state index contributed by atoms with van der Waals surface area (Å²) in [5.74, 6) is 0. The maximum absolute atomic E-state index is 9.83. The van der Waals surface area contributed by atoms with Crippen molar-refractivity contribution in [3.8, 4) is 0 Å². The first-order chi connectivity index (χ1) is 10.6. The Hall–Kier alpha value is -1.14. The Labute approximate surface area is 136 Å². The number of aliphatic hydroxyl groups is 1. The van der Waals surface area contributed by atoms with E-state index >= 15 is 0 Å². The molecular weight excluding hydrogens is 304 g/mol. The van der Waals surface area contributed by atoms with E-state index in [1.165, 1.54) is 0 Å². The summed E-state index contributed by atoms with van der Waals surface area (Å²) in [6.07, 6.45) is 0.283. The van der Waals surface area contributed by atoms with Crippen molar-refractivity contribution in [3.63, 3.8) is 0 Å². The molecule has 122 valence electrons. The number of hydrogen-bond acceptors (Lipinski definition) is 5. The van der Waals surface area contributed by atoms with E-state index in [0.29, 0.717) is 31.3 Å². The van der Waals surface area contributed by atoms with E-state index in [0.717, 1.165) is 17.7 Å². The molecule has 0 spiro atoms. The van der Waals surface area contributed by atoms with Crippen LogP contribution in [0.4, 0.5) is 0 Å². The van der Waals surface area contributed by atoms with Crippen LogP contribution in [0.2, 0.25) is 5.02 Å². The predicted octanol–water partition coefficient (Wildman–Crippen LogP) is 2.16. The van der Waals surface area contributed by atoms with Crippen LogP contribution in [-0.4, -0.2) is 61.3 Å². The predicted molar refractivity (Wildman–Crippen MR) is 87.5 cm³/mol. The van der Waals surface area contributed by atoms with Crippen LogP contribution in [0.5, 0.6) is 0 Å². The third-order valence-corrected chi connectivity index (χ3v) is 3.71. The second kappa shape index (κ2) is 8.48. The van der Waals surface area contributed by atoms with E-state index in [2.05, 4.69) is 5.16 Å². The number of oxime groups is 1. The maximum atomic E-state index is 9.83. The summed E-state index contributed by atoms with van der Waals surface area (Å²) in [6.45, 7) is 4.15. The van der Waals surface area contributed by atoms with Crippen molar-refractivity contribution in [2.45, 2.75) is 25.6 Å². The van der Waals surface area contributed by atoms with Crippen molar-refractivity contribution in [2.75, 3.05) is 33.4 Å². The summed E-state index contributed by atoms with van der Waals surface area (Å²) in [7, 11) is 1.96. The summed E-state index contributed by atoms with van der Waals surface area (Å²) in [5, 5.41) is 14.7. The Morgan fingerprint density at radius 2 is 2.18 bits per heavy atom. The highest BCUT2D eigenvalue weighted by Gasteiger charge is 2.24. The van der Waals surface area contributed by atoms with Crippen molar-refractivity contribution < 1.29 is 14.7 Å². The third-order valence-electron chi connectivity index (χ3n) is 3.46. The SMILES string of the molecule is CCOCC(O)CN(C)CC1CC(c2ccc(Cl)cc2)=NO1. The minimum absolute atomic E-state index is 0.00923. The van der Waals surface area contributed by atoms with Crippen molar-refractivity contribution in [2.24, 2.45) is 5.16 Å². The molecule has 1 aromatic rings. The number of benzene rings is 1. The van der Waals surface area contributed by atoms with E-state index in [1.807, 2.05) is 43.1 Å². The number of aliphatic hydroxyl groups excluding tert-OH is 1. The average molecular weight is 327 g/mol. The summed E-state index contributed by atoms with van der Waals surface area (Å²) in [5.41, 5.74) is 1.97. The minimum atomic E-state index is -0.483. The Bertz CT molecular complexity index is 493. The molecule has 0 amide bonds. The molecule has 1 N–H and O–H groups in total. The molecular formula is C16H23ClN2O3. The van der Waals surface area contributed by atoms with E-state index in [9.17, 15) is 5.11 Å². The monoisotopic (exact) mass is 326 g/mol. The van der Waals surface area contributed by atoms with Crippen LogP contribution in [-0.2, 0) is 9.57 Å². The molecule has 0 fully saturated rings. The molecule has 5 nitrogen and oxygen atoms in total. The van der Waals surface area contributed by atoms with Crippen molar-refractivity contribution in [1.82, 2.24) is 4.90 Å². The fraction of sp³-hybridized carbons (Fsp3) is 0.562. The fourth-order valence-electron chi connectivity index (χ4n) is 2.43. The van der Waals surface area contributed by atoms with E-state index in [4.69, 9.17) is 21.2 Å². The number of rotatable bonds is 8. The first-order valence-corrected chi connectivity index (χ1v) is 7.89. The molecule has 0 radical (unpaired) electrons. The van der Waals surface area contributed by atoms with Gasteiger partial charge in [-0.2, -0.15) is 0 Å². The Kier molecular flexibility index (Phi) is 6.64. The Morgan fingerprint density at radius 1 is 1.45 bits per heavy atom. The molecule has 0 bridgehead atoms. The van der Waals surface area contributed by atoms with E-state index in [-0.39, 0.29) is 6.10 Å². The second-order valence-corrected chi connectivity index (χ2v) is 5.95. The van der Waals surface area contributed by atoms with Crippen LogP contribution < -0.4 is 0 Å². The van der Waals surface area contributed by atoms with Gasteiger partial charge in [-0.3, -0.25) is 4.90 Å². The van der Waals surface area contributed by atoms with E-state index in [1.54, 1.807) is 0 Å². The van der Waals surface area contributed by atoms with Crippen LogP contribution >= 0.6 is 11.6 Å². The highest BCUT2D eigenvalue weighted by atomic mass is 35.5. The van der Waals surface area contributed by atoms with Crippen LogP contribution in [0.3, 0.4) is 0 Å². The summed E-state index contributed by atoms with van der Waals surface area (Å²) in [6, 6.07) is 7.59. The molecule has 0 saturated heterocycles. The van der Waals surface area contributed by atoms with Gasteiger partial charge in [0.15, 0.2) is 0 Å². The van der Waals surface area contributed by atoms with Crippen molar-refractivity contribution in [1.29, 1.82) is 0 Å². The van der Waals surface area contributed by atoms with Gasteiger partial charge in [-0.25, -0.2) is 0 Å². The molecule has 2 rings (SSSR count). The first-order valence-electron chi connectivity index (χ1n) is 7.51. The molecule has 1 aliphatic heterocycles. The van der Waals surface area contributed by atoms with Gasteiger partial charge in [0.05, 0.1) is 18.4 Å². The minimum Gasteiger partial charge on any atom is -0.390 e. The second-order valence-electron chi connectivity index (χ2n) is 5.51. The van der Waals surface area contributed by atoms with Gasteiger partial charge in [0.25, 0.3) is 0 Å². The zero-order valence-electron chi connectivity index (χ0n) is 13.0. The van der Waals surface area contributed by atoms with Gasteiger partial charge < -0.3 is 14.7 Å². The number of likely N-dealkylation sites (N-methyl/N-ethyl adjacent to an activating group) is 1. The lowest BCUT2D eigenvalue weighted by Gasteiger charge is -2.22. The molecule has 1 aliphatic rings. The number of halogens is 1. The normalized spacial score (nSPS) is 19.1. The molecule has 0 aliphatic carbocycles. The average Bonchev–Trinajstić information content (AvgIpc) is 2.94. The van der Waals surface area contributed by atoms with Gasteiger partial charge in [-0.15, -0.1) is 0 Å². The first kappa shape index (κ1) is 17.2. The number of hydrogen-bond donors (Lipinski definition) is 1. The highest BCUT2D eigenvalue weighted by Crippen LogP contribution is 2.19. The molecule has 0 saturated carbocycles. The van der Waals surface area contributed by atoms with Crippen molar-refractivity contribution in [3.05, 3.63) is 34.9 Å². The zero-order chi connectivity index (χ0) is 15.9. The van der Waals surface area contributed by atoms with Gasteiger partial charge in [0.1, 0.15) is 6.10 Å². The van der Waals surface area contributed by atoms with E-state index < -0.39 is 6.10 Å². The fourth-order valence-corrected chi connectivity index (χ4v) is 2.55. The Balaban J connectivity index is 1.76. The molecule has 2 unspecified atom stereocenters. The quantitative estimate of drug-likeness (QED) is 0.795. The summed E-state index contributed by atoms with van der Waals surface area (Å²) in [4.78, 5) is 7.52. The van der Waals surface area contributed by atoms with Gasteiger partial charge in [-0.1, -0.05) is 28.9 Å². The highest BCUT2D eigenvalue weighted by molar-refractivity contribution is 6.30. The largest absolute Gasteiger partial charge is 0.390 e. The maximum Gasteiger partial charge on any atom is 0.145 e. The Morgan fingerprint density at radius 3 is 2.86 bits per heavy atom. The molecule has 2 atom stereocenters. The molecule has 1 aromatic carbocycles. The lowest BCUT2D eigenvalue weighted by molar-refractivity contribution is 0.00958. The van der Waals surface area contributed by atoms with Gasteiger partial charge in [0, 0.05) is 31.1 Å². The number of nitrogens with zero attached hydrogens (tertiary/aromatic N) is 2. The molecule has 6 heteroatoms. The lowest BCUT2D eigenvalue weighted by Crippen LogP contribution is -2.37. The van der Waals surface area contributed by atoms with Gasteiger partial charge in [-0.05, 0) is 31.7 Å².